The number of nitrogens with one attached hydrogen (secondary N) is 1. The van der Waals surface area contributed by atoms with Crippen molar-refractivity contribution in [2.45, 2.75) is 26.7 Å². The van der Waals surface area contributed by atoms with Crippen molar-refractivity contribution in [3.05, 3.63) is 35.5 Å². The Labute approximate surface area is 78.8 Å². The van der Waals surface area contributed by atoms with E-state index in [-0.39, 0.29) is 0 Å². The van der Waals surface area contributed by atoms with E-state index in [1.54, 1.807) is 0 Å². The third-order valence-corrected chi connectivity index (χ3v) is 2.65. The van der Waals surface area contributed by atoms with E-state index in [0.717, 1.165) is 0 Å². The van der Waals surface area contributed by atoms with Crippen LogP contribution in [-0.4, -0.2) is 4.98 Å². The van der Waals surface area contributed by atoms with Crippen molar-refractivity contribution in [2.75, 3.05) is 0 Å². The molecule has 0 aliphatic carbocycles. The number of aromatic nitrogens is 1. The van der Waals surface area contributed by atoms with Crippen LogP contribution < -0.4 is 0 Å². The zero-order chi connectivity index (χ0) is 9.42. The highest BCUT2D eigenvalue weighted by molar-refractivity contribution is 5.83. The van der Waals surface area contributed by atoms with E-state index < -0.39 is 0 Å². The van der Waals surface area contributed by atoms with E-state index in [9.17, 15) is 0 Å². The Morgan fingerprint density at radius 1 is 1.15 bits per heavy atom. The second-order valence-corrected chi connectivity index (χ2v) is 3.88. The molecule has 1 aromatic heterocycles. The fourth-order valence-electron chi connectivity index (χ4n) is 1.92. The standard InChI is InChI=1S/C12H15N/c1-8(2)11-5-4-10-6-7-13-12(10)9(11)3/h4-8,13H,1-3H3. The predicted molar refractivity (Wildman–Crippen MR) is 57.1 cm³/mol. The molecule has 2 rings (SSSR count). The van der Waals surface area contributed by atoms with Crippen LogP contribution in [0.4, 0.5) is 0 Å². The summed E-state index contributed by atoms with van der Waals surface area (Å²) < 4.78 is 0. The predicted octanol–water partition coefficient (Wildman–Crippen LogP) is 3.60. The van der Waals surface area contributed by atoms with Crippen molar-refractivity contribution < 1.29 is 0 Å². The monoisotopic (exact) mass is 173 g/mol. The summed E-state index contributed by atoms with van der Waals surface area (Å²) in [5.74, 6) is 0.604. The maximum atomic E-state index is 3.28. The van der Waals surface area contributed by atoms with Crippen molar-refractivity contribution in [1.82, 2.24) is 4.98 Å². The highest BCUT2D eigenvalue weighted by Gasteiger charge is 2.06. The lowest BCUT2D eigenvalue weighted by Gasteiger charge is -2.09. The highest BCUT2D eigenvalue weighted by Crippen LogP contribution is 2.25. The first-order valence-corrected chi connectivity index (χ1v) is 4.76. The topological polar surface area (TPSA) is 15.8 Å². The Morgan fingerprint density at radius 2 is 1.92 bits per heavy atom. The molecule has 0 bridgehead atoms. The summed E-state index contributed by atoms with van der Waals surface area (Å²) in [6.45, 7) is 6.66. The highest BCUT2D eigenvalue weighted by atomic mass is 14.7. The van der Waals surface area contributed by atoms with Gasteiger partial charge >= 0.3 is 0 Å². The molecule has 1 heteroatoms. The van der Waals surface area contributed by atoms with Gasteiger partial charge in [0, 0.05) is 11.7 Å². The number of hydrogen-bond acceptors (Lipinski definition) is 0. The maximum absolute atomic E-state index is 3.28. The minimum absolute atomic E-state index is 0.604. The smallest absolute Gasteiger partial charge is 0.0486 e. The van der Waals surface area contributed by atoms with Crippen molar-refractivity contribution in [1.29, 1.82) is 0 Å². The summed E-state index contributed by atoms with van der Waals surface area (Å²) in [7, 11) is 0. The first-order valence-electron chi connectivity index (χ1n) is 4.76. The van der Waals surface area contributed by atoms with Crippen LogP contribution in [0, 0.1) is 6.92 Å². The van der Waals surface area contributed by atoms with Gasteiger partial charge in [0.25, 0.3) is 0 Å². The second-order valence-electron chi connectivity index (χ2n) is 3.88. The van der Waals surface area contributed by atoms with Crippen LogP contribution in [0.5, 0.6) is 0 Å². The fraction of sp³-hybridized carbons (Fsp3) is 0.333. The molecule has 0 amide bonds. The number of hydrogen-bond donors (Lipinski definition) is 1. The molecule has 1 heterocycles. The van der Waals surface area contributed by atoms with Crippen LogP contribution in [0.1, 0.15) is 30.9 Å². The molecule has 13 heavy (non-hydrogen) atoms. The van der Waals surface area contributed by atoms with Gasteiger partial charge in [0.05, 0.1) is 0 Å². The van der Waals surface area contributed by atoms with Gasteiger partial charge in [-0.15, -0.1) is 0 Å². The molecule has 0 atom stereocenters. The third kappa shape index (κ3) is 1.24. The van der Waals surface area contributed by atoms with Gasteiger partial charge in [-0.1, -0.05) is 26.0 Å². The van der Waals surface area contributed by atoms with Gasteiger partial charge in [0.2, 0.25) is 0 Å². The number of rotatable bonds is 1. The molecular formula is C12H15N. The Bertz CT molecular complexity index is 424. The quantitative estimate of drug-likeness (QED) is 0.678. The van der Waals surface area contributed by atoms with Crippen LogP contribution in [0.3, 0.4) is 0 Å². The zero-order valence-electron chi connectivity index (χ0n) is 8.39. The summed E-state index contributed by atoms with van der Waals surface area (Å²) in [6.07, 6.45) is 2.00. The molecule has 0 radical (unpaired) electrons. The van der Waals surface area contributed by atoms with Crippen molar-refractivity contribution >= 4 is 10.9 Å². The molecule has 1 aromatic carbocycles. The molecule has 0 spiro atoms. The molecule has 68 valence electrons. The van der Waals surface area contributed by atoms with Gasteiger partial charge in [-0.05, 0) is 35.4 Å². The lowest BCUT2D eigenvalue weighted by atomic mass is 9.96. The van der Waals surface area contributed by atoms with Gasteiger partial charge in [0.15, 0.2) is 0 Å². The average molecular weight is 173 g/mol. The minimum Gasteiger partial charge on any atom is -0.361 e. The largest absolute Gasteiger partial charge is 0.361 e. The molecule has 1 nitrogen and oxygen atoms in total. The Kier molecular flexibility index (Phi) is 1.87. The first-order chi connectivity index (χ1) is 6.20. The summed E-state index contributed by atoms with van der Waals surface area (Å²) in [5, 5.41) is 1.31. The third-order valence-electron chi connectivity index (χ3n) is 2.65. The number of fused-ring (bicyclic) bond motifs is 1. The van der Waals surface area contributed by atoms with Crippen LogP contribution in [0.2, 0.25) is 0 Å². The summed E-state index contributed by atoms with van der Waals surface area (Å²) in [5.41, 5.74) is 4.11. The molecule has 0 saturated heterocycles. The molecule has 0 aliphatic rings. The van der Waals surface area contributed by atoms with E-state index in [0.29, 0.717) is 5.92 Å². The number of aryl methyl sites for hydroxylation is 1. The molecule has 1 N–H and O–H groups in total. The van der Waals surface area contributed by atoms with Crippen molar-refractivity contribution in [3.8, 4) is 0 Å². The fourth-order valence-corrected chi connectivity index (χ4v) is 1.92. The van der Waals surface area contributed by atoms with Gasteiger partial charge < -0.3 is 4.98 Å². The van der Waals surface area contributed by atoms with E-state index in [2.05, 4.69) is 44.0 Å². The Morgan fingerprint density at radius 3 is 2.62 bits per heavy atom. The van der Waals surface area contributed by atoms with Crippen molar-refractivity contribution in [2.24, 2.45) is 0 Å². The lowest BCUT2D eigenvalue weighted by Crippen LogP contribution is -1.92. The molecule has 0 aliphatic heterocycles. The minimum atomic E-state index is 0.604. The molecule has 0 fully saturated rings. The van der Waals surface area contributed by atoms with Crippen LogP contribution in [-0.2, 0) is 0 Å². The number of benzene rings is 1. The molecule has 0 saturated carbocycles. The number of H-pyrrole nitrogens is 1. The molecule has 2 aromatic rings. The first kappa shape index (κ1) is 8.36. The van der Waals surface area contributed by atoms with E-state index in [4.69, 9.17) is 0 Å². The van der Waals surface area contributed by atoms with Gasteiger partial charge in [-0.3, -0.25) is 0 Å². The Hall–Kier alpha value is -1.24. The molecular weight excluding hydrogens is 158 g/mol. The van der Waals surface area contributed by atoms with Crippen molar-refractivity contribution in [3.63, 3.8) is 0 Å². The van der Waals surface area contributed by atoms with E-state index >= 15 is 0 Å². The average Bonchev–Trinajstić information content (AvgIpc) is 2.52. The van der Waals surface area contributed by atoms with E-state index in [1.165, 1.54) is 22.0 Å². The van der Waals surface area contributed by atoms with E-state index in [1.807, 2.05) is 6.20 Å². The maximum Gasteiger partial charge on any atom is 0.0486 e. The normalized spacial score (nSPS) is 11.4. The van der Waals surface area contributed by atoms with Gasteiger partial charge in [-0.2, -0.15) is 0 Å². The Balaban J connectivity index is 2.73. The SMILES string of the molecule is Cc1c(C(C)C)ccc2cc[nH]c12. The summed E-state index contributed by atoms with van der Waals surface area (Å²) >= 11 is 0. The number of aromatic amines is 1. The van der Waals surface area contributed by atoms with Crippen LogP contribution >= 0.6 is 0 Å². The van der Waals surface area contributed by atoms with Gasteiger partial charge in [-0.25, -0.2) is 0 Å². The summed E-state index contributed by atoms with van der Waals surface area (Å²) in [4.78, 5) is 3.28. The molecule has 0 unspecified atom stereocenters. The summed E-state index contributed by atoms with van der Waals surface area (Å²) in [6, 6.07) is 6.54. The van der Waals surface area contributed by atoms with Gasteiger partial charge in [0.1, 0.15) is 0 Å². The lowest BCUT2D eigenvalue weighted by molar-refractivity contribution is 0.859. The van der Waals surface area contributed by atoms with Crippen LogP contribution in [0.25, 0.3) is 10.9 Å². The van der Waals surface area contributed by atoms with Crippen LogP contribution in [0.15, 0.2) is 24.4 Å². The second kappa shape index (κ2) is 2.91. The zero-order valence-corrected chi connectivity index (χ0v) is 8.39.